The van der Waals surface area contributed by atoms with Gasteiger partial charge in [-0.2, -0.15) is 4.39 Å². The van der Waals surface area contributed by atoms with Crippen LogP contribution >= 0.6 is 0 Å². The third-order valence-electron chi connectivity index (χ3n) is 0.946. The molecule has 0 saturated carbocycles. The van der Waals surface area contributed by atoms with Gasteiger partial charge in [-0.05, 0) is 13.0 Å². The van der Waals surface area contributed by atoms with Gasteiger partial charge < -0.3 is 10.2 Å². The van der Waals surface area contributed by atoms with Crippen LogP contribution in [-0.4, -0.2) is 29.4 Å². The second kappa shape index (κ2) is 10.0. The predicted molar refractivity (Wildman–Crippen MR) is 45.2 cm³/mol. The summed E-state index contributed by atoms with van der Waals surface area (Å²) in [4.78, 5) is 3.41. The fourth-order valence-corrected chi connectivity index (χ4v) is 0.466. The van der Waals surface area contributed by atoms with Gasteiger partial charge in [0.15, 0.2) is 0 Å². The number of halogens is 1. The van der Waals surface area contributed by atoms with Crippen LogP contribution in [0, 0.1) is 12.9 Å². The number of hydrogen-bond acceptors (Lipinski definition) is 3. The van der Waals surface area contributed by atoms with E-state index in [0.29, 0.717) is 5.56 Å². The Labute approximate surface area is 71.5 Å². The highest BCUT2D eigenvalue weighted by Crippen LogP contribution is 1.97. The summed E-state index contributed by atoms with van der Waals surface area (Å²) in [5, 5.41) is 14.0. The van der Waals surface area contributed by atoms with Crippen molar-refractivity contribution < 1.29 is 14.6 Å². The van der Waals surface area contributed by atoms with Gasteiger partial charge in [-0.1, -0.05) is 6.07 Å². The van der Waals surface area contributed by atoms with Gasteiger partial charge in [0.1, 0.15) is 0 Å². The van der Waals surface area contributed by atoms with Crippen molar-refractivity contribution >= 4 is 0 Å². The van der Waals surface area contributed by atoms with Gasteiger partial charge in [-0.15, -0.1) is 0 Å². The third-order valence-corrected chi connectivity index (χ3v) is 0.946. The second-order valence-electron chi connectivity index (χ2n) is 1.61. The van der Waals surface area contributed by atoms with Crippen LogP contribution in [0.15, 0.2) is 18.3 Å². The molecule has 0 aliphatic heterocycles. The fraction of sp³-hybridized carbons (Fsp3) is 0.375. The Balaban J connectivity index is 0. The topological polar surface area (TPSA) is 53.4 Å². The van der Waals surface area contributed by atoms with Crippen molar-refractivity contribution in [3.63, 3.8) is 0 Å². The van der Waals surface area contributed by atoms with Gasteiger partial charge in [0.2, 0.25) is 5.95 Å². The van der Waals surface area contributed by atoms with Crippen molar-refractivity contribution in [2.45, 2.75) is 6.92 Å². The average molecular weight is 175 g/mol. The largest absolute Gasteiger partial charge is 0.400 e. The molecule has 12 heavy (non-hydrogen) atoms. The highest BCUT2D eigenvalue weighted by atomic mass is 19.1. The number of aliphatic hydroxyl groups is 2. The molecule has 2 N–H and O–H groups in total. The highest BCUT2D eigenvalue weighted by Gasteiger charge is 1.90. The van der Waals surface area contributed by atoms with E-state index in [1.54, 1.807) is 19.1 Å². The molecule has 0 unspecified atom stereocenters. The molecule has 0 fully saturated rings. The van der Waals surface area contributed by atoms with E-state index in [1.807, 2.05) is 0 Å². The molecule has 4 heteroatoms. The van der Waals surface area contributed by atoms with Crippen LogP contribution in [0.5, 0.6) is 0 Å². The van der Waals surface area contributed by atoms with Crippen molar-refractivity contribution in [2.24, 2.45) is 0 Å². The molecule has 1 aromatic rings. The van der Waals surface area contributed by atoms with Gasteiger partial charge in [0.05, 0.1) is 0 Å². The molecule has 0 amide bonds. The molecule has 0 aliphatic carbocycles. The van der Waals surface area contributed by atoms with Crippen LogP contribution in [-0.2, 0) is 0 Å². The van der Waals surface area contributed by atoms with E-state index < -0.39 is 0 Å². The Morgan fingerprint density at radius 3 is 2.00 bits per heavy atom. The molecule has 0 spiro atoms. The molecule has 0 saturated heterocycles. The maximum atomic E-state index is 12.2. The standard InChI is InChI=1S/C6H6FN.2CH4O/c1-5-3-2-4-8-6(5)7;2*1-2/h2-4H,1H3;2*2H,1H3. The maximum Gasteiger partial charge on any atom is 0.215 e. The molecule has 70 valence electrons. The van der Waals surface area contributed by atoms with Crippen molar-refractivity contribution in [1.82, 2.24) is 4.98 Å². The Morgan fingerprint density at radius 1 is 1.25 bits per heavy atom. The summed E-state index contributed by atoms with van der Waals surface area (Å²) >= 11 is 0. The van der Waals surface area contributed by atoms with Crippen molar-refractivity contribution in [2.75, 3.05) is 14.2 Å². The van der Waals surface area contributed by atoms with Crippen LogP contribution in [0.3, 0.4) is 0 Å². The van der Waals surface area contributed by atoms with Crippen LogP contribution < -0.4 is 0 Å². The molecule has 1 rings (SSSR count). The molecule has 1 heterocycles. The van der Waals surface area contributed by atoms with E-state index in [2.05, 4.69) is 4.98 Å². The quantitative estimate of drug-likeness (QED) is 0.572. The first-order chi connectivity index (χ1) is 5.80. The number of aromatic nitrogens is 1. The molecule has 0 aromatic carbocycles. The Hall–Kier alpha value is -1.00. The highest BCUT2D eigenvalue weighted by molar-refractivity contribution is 5.07. The molecule has 0 atom stereocenters. The van der Waals surface area contributed by atoms with Crippen LogP contribution in [0.2, 0.25) is 0 Å². The van der Waals surface area contributed by atoms with Gasteiger partial charge in [-0.25, -0.2) is 4.98 Å². The summed E-state index contributed by atoms with van der Waals surface area (Å²) in [5.74, 6) is -0.382. The first-order valence-corrected chi connectivity index (χ1v) is 3.27. The number of aliphatic hydroxyl groups excluding tert-OH is 2. The SMILES string of the molecule is CO.CO.Cc1cccnc1F. The molecule has 0 aliphatic rings. The lowest BCUT2D eigenvalue weighted by Gasteiger charge is -1.88. The summed E-state index contributed by atoms with van der Waals surface area (Å²) in [6, 6.07) is 3.39. The van der Waals surface area contributed by atoms with Crippen LogP contribution in [0.4, 0.5) is 4.39 Å². The smallest absolute Gasteiger partial charge is 0.215 e. The number of hydrogen-bond donors (Lipinski definition) is 2. The zero-order valence-corrected chi connectivity index (χ0v) is 7.45. The number of nitrogens with zero attached hydrogens (tertiary/aromatic N) is 1. The lowest BCUT2D eigenvalue weighted by atomic mass is 10.3. The molecule has 0 radical (unpaired) electrons. The lowest BCUT2D eigenvalue weighted by molar-refractivity contribution is 0.399. The average Bonchev–Trinajstić information content (AvgIpc) is 2.17. The van der Waals surface area contributed by atoms with Crippen molar-refractivity contribution in [1.29, 1.82) is 0 Å². The van der Waals surface area contributed by atoms with Gasteiger partial charge in [0, 0.05) is 26.0 Å². The first-order valence-electron chi connectivity index (χ1n) is 3.27. The number of rotatable bonds is 0. The van der Waals surface area contributed by atoms with Gasteiger partial charge in [-0.3, -0.25) is 0 Å². The van der Waals surface area contributed by atoms with E-state index in [1.165, 1.54) is 6.20 Å². The fourth-order valence-electron chi connectivity index (χ4n) is 0.466. The summed E-state index contributed by atoms with van der Waals surface area (Å²) in [6.45, 7) is 1.68. The molecular formula is C8H14FNO2. The minimum absolute atomic E-state index is 0.382. The van der Waals surface area contributed by atoms with Crippen molar-refractivity contribution in [3.8, 4) is 0 Å². The summed E-state index contributed by atoms with van der Waals surface area (Å²) < 4.78 is 12.2. The van der Waals surface area contributed by atoms with E-state index in [-0.39, 0.29) is 5.95 Å². The van der Waals surface area contributed by atoms with Gasteiger partial charge >= 0.3 is 0 Å². The lowest BCUT2D eigenvalue weighted by Crippen LogP contribution is -1.83. The van der Waals surface area contributed by atoms with E-state index in [4.69, 9.17) is 10.2 Å². The molecule has 1 aromatic heterocycles. The number of aryl methyl sites for hydroxylation is 1. The van der Waals surface area contributed by atoms with Gasteiger partial charge in [0.25, 0.3) is 0 Å². The van der Waals surface area contributed by atoms with Crippen molar-refractivity contribution in [3.05, 3.63) is 29.8 Å². The Bertz CT molecular complexity index is 173. The minimum atomic E-state index is -0.382. The van der Waals surface area contributed by atoms with Crippen LogP contribution in [0.1, 0.15) is 5.56 Å². The molecule has 3 nitrogen and oxygen atoms in total. The minimum Gasteiger partial charge on any atom is -0.400 e. The zero-order chi connectivity index (χ0) is 9.98. The summed E-state index contributed by atoms with van der Waals surface area (Å²) in [6.07, 6.45) is 1.43. The maximum absolute atomic E-state index is 12.2. The Kier molecular flexibility index (Phi) is 11.3. The first kappa shape index (κ1) is 13.6. The third kappa shape index (κ3) is 5.76. The Morgan fingerprint density at radius 2 is 1.75 bits per heavy atom. The molecule has 0 bridgehead atoms. The summed E-state index contributed by atoms with van der Waals surface area (Å²) in [5.41, 5.74) is 0.590. The van der Waals surface area contributed by atoms with E-state index >= 15 is 0 Å². The molecular weight excluding hydrogens is 161 g/mol. The van der Waals surface area contributed by atoms with E-state index in [9.17, 15) is 4.39 Å². The van der Waals surface area contributed by atoms with E-state index in [0.717, 1.165) is 14.2 Å². The monoisotopic (exact) mass is 175 g/mol. The predicted octanol–water partition coefficient (Wildman–Crippen LogP) is 0.746. The summed E-state index contributed by atoms with van der Waals surface area (Å²) in [7, 11) is 2.00. The van der Waals surface area contributed by atoms with Crippen LogP contribution in [0.25, 0.3) is 0 Å². The number of pyridine rings is 1. The normalized spacial score (nSPS) is 7.17. The second-order valence-corrected chi connectivity index (χ2v) is 1.61. The zero-order valence-electron chi connectivity index (χ0n) is 7.45.